The van der Waals surface area contributed by atoms with E-state index in [9.17, 15) is 13.2 Å². The van der Waals surface area contributed by atoms with E-state index >= 15 is 0 Å². The molecule has 0 aromatic heterocycles. The standard InChI is InChI=1S/C18H28N2O3S/c1-14(2)15(3)19-18(21)11-8-16-6-9-17(10-7-16)24(22,23)20-12-4-5-13-20/h6-7,9-10,14-15H,4-5,8,11-13H2,1-3H3,(H,19,21). The van der Waals surface area contributed by atoms with Crippen LogP contribution in [0, 0.1) is 5.92 Å². The third-order valence-corrected chi connectivity index (χ3v) is 6.57. The van der Waals surface area contributed by atoms with Gasteiger partial charge >= 0.3 is 0 Å². The van der Waals surface area contributed by atoms with Crippen molar-refractivity contribution in [1.82, 2.24) is 9.62 Å². The van der Waals surface area contributed by atoms with Gasteiger partial charge in [0.25, 0.3) is 0 Å². The van der Waals surface area contributed by atoms with E-state index in [4.69, 9.17) is 0 Å². The monoisotopic (exact) mass is 352 g/mol. The molecule has 0 bridgehead atoms. The van der Waals surface area contributed by atoms with Gasteiger partial charge in [-0.3, -0.25) is 4.79 Å². The van der Waals surface area contributed by atoms with Crippen LogP contribution < -0.4 is 5.32 Å². The van der Waals surface area contributed by atoms with Crippen LogP contribution in [0.4, 0.5) is 0 Å². The molecule has 6 heteroatoms. The van der Waals surface area contributed by atoms with E-state index in [1.54, 1.807) is 16.4 Å². The van der Waals surface area contributed by atoms with Gasteiger partial charge in [-0.2, -0.15) is 4.31 Å². The van der Waals surface area contributed by atoms with Crippen molar-refractivity contribution in [1.29, 1.82) is 0 Å². The minimum Gasteiger partial charge on any atom is -0.353 e. The van der Waals surface area contributed by atoms with Gasteiger partial charge in [0.2, 0.25) is 15.9 Å². The number of aryl methyl sites for hydroxylation is 1. The highest BCUT2D eigenvalue weighted by atomic mass is 32.2. The number of nitrogens with zero attached hydrogens (tertiary/aromatic N) is 1. The molecule has 0 aliphatic carbocycles. The lowest BCUT2D eigenvalue weighted by atomic mass is 10.1. The van der Waals surface area contributed by atoms with Gasteiger partial charge in [-0.15, -0.1) is 0 Å². The van der Waals surface area contributed by atoms with Crippen LogP contribution in [-0.4, -0.2) is 37.8 Å². The Morgan fingerprint density at radius 3 is 2.25 bits per heavy atom. The first-order valence-electron chi connectivity index (χ1n) is 8.69. The van der Waals surface area contributed by atoms with Gasteiger partial charge in [0.15, 0.2) is 0 Å². The summed E-state index contributed by atoms with van der Waals surface area (Å²) in [4.78, 5) is 12.3. The molecule has 1 aliphatic heterocycles. The maximum atomic E-state index is 12.5. The van der Waals surface area contributed by atoms with E-state index in [1.165, 1.54) is 0 Å². The molecule has 1 amide bonds. The minimum absolute atomic E-state index is 0.0324. The smallest absolute Gasteiger partial charge is 0.243 e. The SMILES string of the molecule is CC(C)C(C)NC(=O)CCc1ccc(S(=O)(=O)N2CCCC2)cc1. The van der Waals surface area contributed by atoms with E-state index < -0.39 is 10.0 Å². The summed E-state index contributed by atoms with van der Waals surface area (Å²) in [5, 5.41) is 2.98. The summed E-state index contributed by atoms with van der Waals surface area (Å²) in [6.45, 7) is 7.37. The topological polar surface area (TPSA) is 66.5 Å². The second kappa shape index (κ2) is 8.12. The number of benzene rings is 1. The summed E-state index contributed by atoms with van der Waals surface area (Å²) >= 11 is 0. The van der Waals surface area contributed by atoms with E-state index in [2.05, 4.69) is 19.2 Å². The zero-order chi connectivity index (χ0) is 17.7. The third kappa shape index (κ3) is 4.80. The molecule has 2 rings (SSSR count). The number of amides is 1. The molecule has 1 aromatic rings. The molecule has 1 N–H and O–H groups in total. The zero-order valence-electron chi connectivity index (χ0n) is 14.8. The van der Waals surface area contributed by atoms with Gasteiger partial charge in [-0.05, 0) is 49.8 Å². The van der Waals surface area contributed by atoms with E-state index in [0.717, 1.165) is 18.4 Å². The largest absolute Gasteiger partial charge is 0.353 e. The fraction of sp³-hybridized carbons (Fsp3) is 0.611. The Hall–Kier alpha value is -1.40. The normalized spacial score (nSPS) is 17.2. The predicted molar refractivity (Wildman–Crippen MR) is 95.2 cm³/mol. The fourth-order valence-electron chi connectivity index (χ4n) is 2.66. The Bertz CT molecular complexity index is 647. The van der Waals surface area contributed by atoms with E-state index in [1.807, 2.05) is 19.1 Å². The molecule has 134 valence electrons. The Morgan fingerprint density at radius 1 is 1.12 bits per heavy atom. The van der Waals surface area contributed by atoms with Crippen LogP contribution in [0.5, 0.6) is 0 Å². The van der Waals surface area contributed by atoms with Crippen molar-refractivity contribution < 1.29 is 13.2 Å². The lowest BCUT2D eigenvalue weighted by molar-refractivity contribution is -0.121. The number of hydrogen-bond donors (Lipinski definition) is 1. The minimum atomic E-state index is -3.36. The van der Waals surface area contributed by atoms with Crippen LogP contribution in [0.15, 0.2) is 29.2 Å². The first kappa shape index (κ1) is 18.9. The molecule has 0 spiro atoms. The van der Waals surface area contributed by atoms with Crippen LogP contribution in [0.2, 0.25) is 0 Å². The van der Waals surface area contributed by atoms with Crippen LogP contribution in [0.1, 0.15) is 45.6 Å². The molecule has 1 aromatic carbocycles. The Balaban J connectivity index is 1.91. The van der Waals surface area contributed by atoms with Gasteiger partial charge in [-0.25, -0.2) is 8.42 Å². The van der Waals surface area contributed by atoms with Crippen molar-refractivity contribution in [2.75, 3.05) is 13.1 Å². The first-order chi connectivity index (χ1) is 11.3. The van der Waals surface area contributed by atoms with Gasteiger partial charge in [0, 0.05) is 25.6 Å². The summed E-state index contributed by atoms with van der Waals surface area (Å²) in [5.74, 6) is 0.439. The lowest BCUT2D eigenvalue weighted by Gasteiger charge is -2.17. The number of hydrogen-bond acceptors (Lipinski definition) is 3. The number of sulfonamides is 1. The molecule has 1 unspecified atom stereocenters. The second-order valence-electron chi connectivity index (χ2n) is 6.86. The zero-order valence-corrected chi connectivity index (χ0v) is 15.6. The molecular weight excluding hydrogens is 324 g/mol. The summed E-state index contributed by atoms with van der Waals surface area (Å²) in [5.41, 5.74) is 0.975. The molecule has 1 aliphatic rings. The van der Waals surface area contributed by atoms with Crippen molar-refractivity contribution >= 4 is 15.9 Å². The maximum Gasteiger partial charge on any atom is 0.243 e. The quantitative estimate of drug-likeness (QED) is 0.820. The van der Waals surface area contributed by atoms with Crippen molar-refractivity contribution in [3.8, 4) is 0 Å². The number of carbonyl (C=O) groups is 1. The highest BCUT2D eigenvalue weighted by Crippen LogP contribution is 2.21. The summed E-state index contributed by atoms with van der Waals surface area (Å²) in [7, 11) is -3.36. The summed E-state index contributed by atoms with van der Waals surface area (Å²) < 4.78 is 26.5. The molecule has 1 heterocycles. The maximum absolute atomic E-state index is 12.5. The molecule has 1 fully saturated rings. The average Bonchev–Trinajstić information content (AvgIpc) is 3.08. The van der Waals surface area contributed by atoms with Crippen molar-refractivity contribution in [3.63, 3.8) is 0 Å². The number of nitrogens with one attached hydrogen (secondary N) is 1. The fourth-order valence-corrected chi connectivity index (χ4v) is 4.17. The summed E-state index contributed by atoms with van der Waals surface area (Å²) in [6.07, 6.45) is 2.89. The molecule has 0 radical (unpaired) electrons. The second-order valence-corrected chi connectivity index (χ2v) is 8.79. The molecule has 1 atom stereocenters. The molecule has 5 nitrogen and oxygen atoms in total. The Labute approximate surface area is 145 Å². The van der Waals surface area contributed by atoms with Crippen molar-refractivity contribution in [3.05, 3.63) is 29.8 Å². The number of rotatable bonds is 7. The highest BCUT2D eigenvalue weighted by molar-refractivity contribution is 7.89. The third-order valence-electron chi connectivity index (χ3n) is 4.66. The van der Waals surface area contributed by atoms with Crippen molar-refractivity contribution in [2.45, 2.75) is 57.4 Å². The summed E-state index contributed by atoms with van der Waals surface area (Å²) in [6, 6.07) is 7.07. The molecule has 24 heavy (non-hydrogen) atoms. The average molecular weight is 353 g/mol. The highest BCUT2D eigenvalue weighted by Gasteiger charge is 2.26. The predicted octanol–water partition coefficient (Wildman–Crippen LogP) is 2.56. The van der Waals surface area contributed by atoms with E-state index in [-0.39, 0.29) is 11.9 Å². The number of carbonyl (C=O) groups excluding carboxylic acids is 1. The molecular formula is C18H28N2O3S. The van der Waals surface area contributed by atoms with Crippen LogP contribution in [-0.2, 0) is 21.2 Å². The van der Waals surface area contributed by atoms with Crippen LogP contribution >= 0.6 is 0 Å². The lowest BCUT2D eigenvalue weighted by Crippen LogP contribution is -2.36. The Morgan fingerprint density at radius 2 is 1.71 bits per heavy atom. The van der Waals surface area contributed by atoms with Gasteiger partial charge in [0.1, 0.15) is 0 Å². The first-order valence-corrected chi connectivity index (χ1v) is 10.1. The Kier molecular flexibility index (Phi) is 6.40. The van der Waals surface area contributed by atoms with E-state index in [0.29, 0.717) is 36.7 Å². The van der Waals surface area contributed by atoms with Crippen LogP contribution in [0.3, 0.4) is 0 Å². The van der Waals surface area contributed by atoms with Gasteiger partial charge < -0.3 is 5.32 Å². The van der Waals surface area contributed by atoms with Crippen LogP contribution in [0.25, 0.3) is 0 Å². The van der Waals surface area contributed by atoms with Gasteiger partial charge in [-0.1, -0.05) is 26.0 Å². The van der Waals surface area contributed by atoms with Gasteiger partial charge in [0.05, 0.1) is 4.90 Å². The molecule has 0 saturated carbocycles. The molecule has 1 saturated heterocycles. The van der Waals surface area contributed by atoms with Crippen molar-refractivity contribution in [2.24, 2.45) is 5.92 Å².